The largest absolute Gasteiger partial charge is 0.452 e. The van der Waals surface area contributed by atoms with E-state index in [1.807, 2.05) is 0 Å². The van der Waals surface area contributed by atoms with E-state index in [2.05, 4.69) is 5.32 Å². The number of nitrogens with one attached hydrogen (secondary N) is 1. The second kappa shape index (κ2) is 10.5. The molecule has 0 heterocycles. The number of benzene rings is 2. The number of hydrogen-bond acceptors (Lipinski definition) is 5. The minimum absolute atomic E-state index is 0.0415. The molecule has 0 saturated heterocycles. The number of sulfonamides is 1. The summed E-state index contributed by atoms with van der Waals surface area (Å²) in [6.45, 7) is 3.60. The van der Waals surface area contributed by atoms with Gasteiger partial charge in [-0.3, -0.25) is 4.79 Å². The Labute approximate surface area is 189 Å². The van der Waals surface area contributed by atoms with Crippen molar-refractivity contribution in [1.29, 1.82) is 0 Å². The van der Waals surface area contributed by atoms with Gasteiger partial charge < -0.3 is 10.1 Å². The second-order valence-electron chi connectivity index (χ2n) is 5.96. The predicted octanol–water partition coefficient (Wildman–Crippen LogP) is 4.47. The minimum Gasteiger partial charge on any atom is -0.452 e. The number of carbonyl (C=O) groups is 2. The van der Waals surface area contributed by atoms with Gasteiger partial charge in [-0.15, -0.1) is 0 Å². The lowest BCUT2D eigenvalue weighted by atomic mass is 10.2. The van der Waals surface area contributed by atoms with Crippen LogP contribution in [0, 0.1) is 0 Å². The Morgan fingerprint density at radius 3 is 2.10 bits per heavy atom. The molecule has 1 N–H and O–H groups in total. The van der Waals surface area contributed by atoms with Gasteiger partial charge >= 0.3 is 5.97 Å². The third-order valence-corrected chi connectivity index (χ3v) is 7.25. The first-order chi connectivity index (χ1) is 14.1. The van der Waals surface area contributed by atoms with Crippen LogP contribution < -0.4 is 5.32 Å². The summed E-state index contributed by atoms with van der Waals surface area (Å²) in [4.78, 5) is 24.3. The number of hydrogen-bond donors (Lipinski definition) is 1. The Hall–Kier alpha value is -1.84. The SMILES string of the molecule is CCN(CC)S(=O)(=O)c1ccc(NC(=O)COC(=O)c2c(Cl)ccc(Cl)c2Cl)cc1. The Balaban J connectivity index is 2.01. The van der Waals surface area contributed by atoms with E-state index in [1.165, 1.54) is 40.7 Å². The monoisotopic (exact) mass is 492 g/mol. The lowest BCUT2D eigenvalue weighted by molar-refractivity contribution is -0.119. The van der Waals surface area contributed by atoms with Crippen LogP contribution in [0.5, 0.6) is 0 Å². The van der Waals surface area contributed by atoms with E-state index in [0.29, 0.717) is 18.8 Å². The molecule has 0 spiro atoms. The number of esters is 1. The Morgan fingerprint density at radius 1 is 0.967 bits per heavy atom. The van der Waals surface area contributed by atoms with Gasteiger partial charge in [-0.25, -0.2) is 13.2 Å². The molecule has 0 aliphatic rings. The number of amides is 1. The van der Waals surface area contributed by atoms with E-state index < -0.39 is 28.5 Å². The highest BCUT2D eigenvalue weighted by molar-refractivity contribution is 7.89. The summed E-state index contributed by atoms with van der Waals surface area (Å²) < 4.78 is 31.2. The van der Waals surface area contributed by atoms with E-state index >= 15 is 0 Å². The zero-order chi connectivity index (χ0) is 22.5. The van der Waals surface area contributed by atoms with Crippen LogP contribution in [0.3, 0.4) is 0 Å². The first-order valence-electron chi connectivity index (χ1n) is 8.82. The number of halogens is 3. The van der Waals surface area contributed by atoms with Gasteiger partial charge in [-0.1, -0.05) is 48.7 Å². The third-order valence-electron chi connectivity index (χ3n) is 4.06. The van der Waals surface area contributed by atoms with Crippen molar-refractivity contribution >= 4 is 62.4 Å². The molecule has 0 bridgehead atoms. The predicted molar refractivity (Wildman–Crippen MR) is 117 cm³/mol. The summed E-state index contributed by atoms with van der Waals surface area (Å²) in [5, 5.41) is 2.60. The van der Waals surface area contributed by atoms with Crippen LogP contribution in [-0.4, -0.2) is 44.3 Å². The van der Waals surface area contributed by atoms with Crippen LogP contribution >= 0.6 is 34.8 Å². The number of carbonyl (C=O) groups excluding carboxylic acids is 2. The molecule has 0 aliphatic carbocycles. The van der Waals surface area contributed by atoms with Crippen LogP contribution in [-0.2, 0) is 19.6 Å². The molecule has 162 valence electrons. The molecule has 0 fully saturated rings. The molecule has 2 aromatic carbocycles. The molecule has 0 aromatic heterocycles. The average molecular weight is 494 g/mol. The highest BCUT2D eigenvalue weighted by atomic mass is 35.5. The summed E-state index contributed by atoms with van der Waals surface area (Å²) in [6, 6.07) is 8.49. The highest BCUT2D eigenvalue weighted by Gasteiger charge is 2.22. The molecule has 0 radical (unpaired) electrons. The molecule has 0 unspecified atom stereocenters. The summed E-state index contributed by atoms with van der Waals surface area (Å²) in [7, 11) is -3.59. The molecule has 11 heteroatoms. The quantitative estimate of drug-likeness (QED) is 0.432. The van der Waals surface area contributed by atoms with E-state index in [1.54, 1.807) is 13.8 Å². The van der Waals surface area contributed by atoms with Gasteiger partial charge in [0.15, 0.2) is 6.61 Å². The van der Waals surface area contributed by atoms with Crippen LogP contribution in [0.1, 0.15) is 24.2 Å². The molecular weight excluding hydrogens is 475 g/mol. The molecule has 0 saturated carbocycles. The highest BCUT2D eigenvalue weighted by Crippen LogP contribution is 2.31. The summed E-state index contributed by atoms with van der Waals surface area (Å²) in [5.41, 5.74) is 0.206. The summed E-state index contributed by atoms with van der Waals surface area (Å²) in [5.74, 6) is -1.53. The maximum Gasteiger partial charge on any atom is 0.341 e. The number of anilines is 1. The molecule has 2 rings (SSSR count). The van der Waals surface area contributed by atoms with E-state index in [9.17, 15) is 18.0 Å². The zero-order valence-electron chi connectivity index (χ0n) is 16.1. The topological polar surface area (TPSA) is 92.8 Å². The smallest absolute Gasteiger partial charge is 0.341 e. The van der Waals surface area contributed by atoms with Crippen LogP contribution in [0.25, 0.3) is 0 Å². The first-order valence-corrected chi connectivity index (χ1v) is 11.4. The van der Waals surface area contributed by atoms with Crippen LogP contribution in [0.15, 0.2) is 41.3 Å². The lowest BCUT2D eigenvalue weighted by Crippen LogP contribution is -2.30. The van der Waals surface area contributed by atoms with Crippen molar-refractivity contribution in [3.05, 3.63) is 57.0 Å². The zero-order valence-corrected chi connectivity index (χ0v) is 19.2. The Morgan fingerprint density at radius 2 is 1.53 bits per heavy atom. The second-order valence-corrected chi connectivity index (χ2v) is 9.09. The van der Waals surface area contributed by atoms with Crippen molar-refractivity contribution in [1.82, 2.24) is 4.31 Å². The minimum atomic E-state index is -3.59. The maximum atomic E-state index is 12.5. The van der Waals surface area contributed by atoms with Crippen molar-refractivity contribution in [2.24, 2.45) is 0 Å². The van der Waals surface area contributed by atoms with Gasteiger partial charge in [0.1, 0.15) is 0 Å². The van der Waals surface area contributed by atoms with Gasteiger partial charge in [0.25, 0.3) is 5.91 Å². The van der Waals surface area contributed by atoms with Crippen molar-refractivity contribution in [3.63, 3.8) is 0 Å². The van der Waals surface area contributed by atoms with E-state index in [0.717, 1.165) is 0 Å². The van der Waals surface area contributed by atoms with E-state index in [4.69, 9.17) is 39.5 Å². The summed E-state index contributed by atoms with van der Waals surface area (Å²) in [6.07, 6.45) is 0. The molecule has 0 aliphatic heterocycles. The molecular formula is C19H19Cl3N2O5S. The standard InChI is InChI=1S/C19H19Cl3N2O5S/c1-3-24(4-2)30(27,28)13-7-5-12(6-8-13)23-16(25)11-29-19(26)17-14(20)9-10-15(21)18(17)22/h5-10H,3-4,11H2,1-2H3,(H,23,25). The normalized spacial score (nSPS) is 11.4. The molecule has 0 atom stereocenters. The molecule has 1 amide bonds. The van der Waals surface area contributed by atoms with Crippen LogP contribution in [0.2, 0.25) is 15.1 Å². The van der Waals surface area contributed by atoms with Gasteiger partial charge in [0, 0.05) is 18.8 Å². The first kappa shape index (κ1) is 24.4. The van der Waals surface area contributed by atoms with E-state index in [-0.39, 0.29) is 25.5 Å². The number of nitrogens with zero attached hydrogens (tertiary/aromatic N) is 1. The molecule has 30 heavy (non-hydrogen) atoms. The Kier molecular flexibility index (Phi) is 8.52. The van der Waals surface area contributed by atoms with Gasteiger partial charge in [0.05, 0.1) is 25.5 Å². The number of rotatable bonds is 8. The lowest BCUT2D eigenvalue weighted by Gasteiger charge is -2.18. The van der Waals surface area contributed by atoms with Gasteiger partial charge in [-0.2, -0.15) is 4.31 Å². The fraction of sp³-hybridized carbons (Fsp3) is 0.263. The van der Waals surface area contributed by atoms with Crippen molar-refractivity contribution in [2.75, 3.05) is 25.0 Å². The summed E-state index contributed by atoms with van der Waals surface area (Å²) >= 11 is 17.8. The third kappa shape index (κ3) is 5.65. The Bertz CT molecular complexity index is 1040. The van der Waals surface area contributed by atoms with Crippen LogP contribution in [0.4, 0.5) is 5.69 Å². The number of ether oxygens (including phenoxy) is 1. The van der Waals surface area contributed by atoms with Crippen molar-refractivity contribution < 1.29 is 22.7 Å². The van der Waals surface area contributed by atoms with Gasteiger partial charge in [-0.05, 0) is 36.4 Å². The average Bonchev–Trinajstić information content (AvgIpc) is 2.70. The fourth-order valence-corrected chi connectivity index (χ4v) is 4.68. The molecule has 7 nitrogen and oxygen atoms in total. The van der Waals surface area contributed by atoms with Gasteiger partial charge in [0.2, 0.25) is 10.0 Å². The van der Waals surface area contributed by atoms with Crippen molar-refractivity contribution in [2.45, 2.75) is 18.7 Å². The van der Waals surface area contributed by atoms with Crippen molar-refractivity contribution in [3.8, 4) is 0 Å². The maximum absolute atomic E-state index is 12.5. The molecule has 2 aromatic rings. The fourth-order valence-electron chi connectivity index (χ4n) is 2.54.